The Morgan fingerprint density at radius 3 is 3.00 bits per heavy atom. The van der Waals surface area contributed by atoms with Gasteiger partial charge in [0.1, 0.15) is 5.75 Å². The Balaban J connectivity index is 2.30. The Labute approximate surface area is 99.8 Å². The van der Waals surface area contributed by atoms with Gasteiger partial charge >= 0.3 is 0 Å². The van der Waals surface area contributed by atoms with E-state index in [-0.39, 0.29) is 5.91 Å². The first-order chi connectivity index (χ1) is 7.70. The molecule has 0 spiro atoms. The molecule has 1 heterocycles. The zero-order valence-corrected chi connectivity index (χ0v) is 10.3. The molecule has 1 aromatic carbocycles. The van der Waals surface area contributed by atoms with Crippen molar-refractivity contribution >= 4 is 17.7 Å². The molecule has 0 N–H and O–H groups in total. The third-order valence-electron chi connectivity index (χ3n) is 2.69. The summed E-state index contributed by atoms with van der Waals surface area (Å²) in [6.07, 6.45) is 0. The molecule has 0 saturated carbocycles. The number of fused-ring (bicyclic) bond motifs is 1. The van der Waals surface area contributed by atoms with Crippen LogP contribution in [-0.4, -0.2) is 30.2 Å². The van der Waals surface area contributed by atoms with E-state index in [2.05, 4.69) is 6.07 Å². The van der Waals surface area contributed by atoms with Gasteiger partial charge in [-0.25, -0.2) is 0 Å². The Hall–Kier alpha value is -1.16. The van der Waals surface area contributed by atoms with E-state index >= 15 is 0 Å². The highest BCUT2D eigenvalue weighted by Crippen LogP contribution is 2.30. The van der Waals surface area contributed by atoms with Crippen LogP contribution in [0, 0.1) is 0 Å². The Kier molecular flexibility index (Phi) is 3.39. The smallest absolute Gasteiger partial charge is 0.219 e. The second kappa shape index (κ2) is 4.78. The van der Waals surface area contributed by atoms with Gasteiger partial charge in [0.2, 0.25) is 5.91 Å². The van der Waals surface area contributed by atoms with Crippen LogP contribution in [0.25, 0.3) is 0 Å². The minimum Gasteiger partial charge on any atom is -0.497 e. The Bertz CT molecular complexity index is 406. The van der Waals surface area contributed by atoms with Crippen molar-refractivity contribution in [1.82, 2.24) is 4.90 Å². The van der Waals surface area contributed by atoms with Crippen molar-refractivity contribution in [3.63, 3.8) is 0 Å². The summed E-state index contributed by atoms with van der Waals surface area (Å²) in [5.41, 5.74) is 1.18. The van der Waals surface area contributed by atoms with Crippen molar-refractivity contribution in [1.29, 1.82) is 0 Å². The van der Waals surface area contributed by atoms with Gasteiger partial charge < -0.3 is 9.64 Å². The average Bonchev–Trinajstić information content (AvgIpc) is 2.49. The van der Waals surface area contributed by atoms with E-state index < -0.39 is 0 Å². The first kappa shape index (κ1) is 11.3. The summed E-state index contributed by atoms with van der Waals surface area (Å²) in [6, 6.07) is 6.06. The van der Waals surface area contributed by atoms with Crippen LogP contribution in [0.3, 0.4) is 0 Å². The SMILES string of the molecule is COc1ccc2c(c1)CN(C(C)=O)CCS2. The number of amides is 1. The van der Waals surface area contributed by atoms with Gasteiger partial charge in [-0.3, -0.25) is 4.79 Å². The predicted octanol–water partition coefficient (Wildman–Crippen LogP) is 2.15. The highest BCUT2D eigenvalue weighted by atomic mass is 32.2. The molecule has 0 aromatic heterocycles. The molecule has 1 aliphatic heterocycles. The summed E-state index contributed by atoms with van der Waals surface area (Å²) >= 11 is 1.80. The van der Waals surface area contributed by atoms with Crippen molar-refractivity contribution in [2.75, 3.05) is 19.4 Å². The molecule has 0 saturated heterocycles. The van der Waals surface area contributed by atoms with Gasteiger partial charge in [-0.2, -0.15) is 0 Å². The van der Waals surface area contributed by atoms with Gasteiger partial charge in [-0.15, -0.1) is 11.8 Å². The minimum absolute atomic E-state index is 0.135. The van der Waals surface area contributed by atoms with Gasteiger partial charge in [0.15, 0.2) is 0 Å². The lowest BCUT2D eigenvalue weighted by Crippen LogP contribution is -2.29. The van der Waals surface area contributed by atoms with E-state index in [4.69, 9.17) is 4.74 Å². The number of hydrogen-bond acceptors (Lipinski definition) is 3. The molecule has 1 aromatic rings. The number of thioether (sulfide) groups is 1. The molecule has 16 heavy (non-hydrogen) atoms. The molecule has 0 radical (unpaired) electrons. The first-order valence-corrected chi connectivity index (χ1v) is 6.24. The van der Waals surface area contributed by atoms with Crippen molar-refractivity contribution in [3.8, 4) is 5.75 Å². The monoisotopic (exact) mass is 237 g/mol. The molecule has 86 valence electrons. The highest BCUT2D eigenvalue weighted by Gasteiger charge is 2.16. The molecule has 0 atom stereocenters. The second-order valence-corrected chi connectivity index (χ2v) is 4.90. The predicted molar refractivity (Wildman–Crippen MR) is 64.8 cm³/mol. The van der Waals surface area contributed by atoms with E-state index in [1.165, 1.54) is 10.5 Å². The van der Waals surface area contributed by atoms with Crippen LogP contribution in [-0.2, 0) is 11.3 Å². The first-order valence-electron chi connectivity index (χ1n) is 5.26. The summed E-state index contributed by atoms with van der Waals surface area (Å²) in [7, 11) is 1.66. The molecule has 4 heteroatoms. The zero-order valence-electron chi connectivity index (χ0n) is 9.53. The molecule has 0 aliphatic carbocycles. The van der Waals surface area contributed by atoms with E-state index in [1.54, 1.807) is 25.8 Å². The van der Waals surface area contributed by atoms with Crippen LogP contribution < -0.4 is 4.74 Å². The molecule has 0 fully saturated rings. The fraction of sp³-hybridized carbons (Fsp3) is 0.417. The second-order valence-electron chi connectivity index (χ2n) is 3.76. The maximum atomic E-state index is 11.4. The third kappa shape index (κ3) is 2.32. The van der Waals surface area contributed by atoms with E-state index in [1.807, 2.05) is 17.0 Å². The number of rotatable bonds is 1. The van der Waals surface area contributed by atoms with Crippen LogP contribution in [0.4, 0.5) is 0 Å². The number of methoxy groups -OCH3 is 1. The molecule has 1 amide bonds. The van der Waals surface area contributed by atoms with Crippen molar-refractivity contribution in [3.05, 3.63) is 23.8 Å². The largest absolute Gasteiger partial charge is 0.497 e. The molecule has 0 unspecified atom stereocenters. The number of carbonyl (C=O) groups excluding carboxylic acids is 1. The molecule has 2 rings (SSSR count). The van der Waals surface area contributed by atoms with Gasteiger partial charge in [-0.1, -0.05) is 0 Å². The molecule has 1 aliphatic rings. The molecule has 3 nitrogen and oxygen atoms in total. The summed E-state index contributed by atoms with van der Waals surface area (Å²) in [5, 5.41) is 0. The summed E-state index contributed by atoms with van der Waals surface area (Å²) < 4.78 is 5.20. The summed E-state index contributed by atoms with van der Waals surface area (Å²) in [5.74, 6) is 1.94. The van der Waals surface area contributed by atoms with Crippen LogP contribution in [0.2, 0.25) is 0 Å². The number of ether oxygens (including phenoxy) is 1. The number of nitrogens with zero attached hydrogens (tertiary/aromatic N) is 1. The maximum absolute atomic E-state index is 11.4. The number of benzene rings is 1. The van der Waals surface area contributed by atoms with Crippen LogP contribution in [0.1, 0.15) is 12.5 Å². The Morgan fingerprint density at radius 1 is 1.50 bits per heavy atom. The van der Waals surface area contributed by atoms with E-state index in [9.17, 15) is 4.79 Å². The lowest BCUT2D eigenvalue weighted by atomic mass is 10.2. The summed E-state index contributed by atoms with van der Waals surface area (Å²) in [4.78, 5) is 14.5. The molecular formula is C12H15NO2S. The van der Waals surface area contributed by atoms with Crippen LogP contribution >= 0.6 is 11.8 Å². The Morgan fingerprint density at radius 2 is 2.31 bits per heavy atom. The topological polar surface area (TPSA) is 29.5 Å². The quantitative estimate of drug-likeness (QED) is 0.749. The van der Waals surface area contributed by atoms with Gasteiger partial charge in [0.05, 0.1) is 7.11 Å². The average molecular weight is 237 g/mol. The normalized spacial score (nSPS) is 15.2. The zero-order chi connectivity index (χ0) is 11.5. The molecule has 0 bridgehead atoms. The fourth-order valence-electron chi connectivity index (χ4n) is 1.77. The van der Waals surface area contributed by atoms with Crippen LogP contribution in [0.15, 0.2) is 23.1 Å². The third-order valence-corrected chi connectivity index (χ3v) is 3.79. The lowest BCUT2D eigenvalue weighted by Gasteiger charge is -2.18. The van der Waals surface area contributed by atoms with Crippen molar-refractivity contribution in [2.45, 2.75) is 18.4 Å². The van der Waals surface area contributed by atoms with Gasteiger partial charge in [-0.05, 0) is 23.8 Å². The minimum atomic E-state index is 0.135. The highest BCUT2D eigenvalue weighted by molar-refractivity contribution is 7.99. The van der Waals surface area contributed by atoms with Crippen molar-refractivity contribution in [2.24, 2.45) is 0 Å². The van der Waals surface area contributed by atoms with Crippen LogP contribution in [0.5, 0.6) is 5.75 Å². The lowest BCUT2D eigenvalue weighted by molar-refractivity contribution is -0.129. The van der Waals surface area contributed by atoms with Crippen molar-refractivity contribution < 1.29 is 9.53 Å². The van der Waals surface area contributed by atoms with E-state index in [0.717, 1.165) is 18.0 Å². The fourth-order valence-corrected chi connectivity index (χ4v) is 2.77. The number of hydrogen-bond donors (Lipinski definition) is 0. The summed E-state index contributed by atoms with van der Waals surface area (Å²) in [6.45, 7) is 3.13. The maximum Gasteiger partial charge on any atom is 0.219 e. The molecular weight excluding hydrogens is 222 g/mol. The van der Waals surface area contributed by atoms with E-state index in [0.29, 0.717) is 6.54 Å². The van der Waals surface area contributed by atoms with Gasteiger partial charge in [0.25, 0.3) is 0 Å². The van der Waals surface area contributed by atoms with Gasteiger partial charge in [0, 0.05) is 30.7 Å². The standard InChI is InChI=1S/C12H15NO2S/c1-9(14)13-5-6-16-12-4-3-11(15-2)7-10(12)8-13/h3-4,7H,5-6,8H2,1-2H3. The number of carbonyl (C=O) groups is 1.